The molecule has 0 aliphatic rings. The minimum Gasteiger partial charge on any atom is -0.423 e. The topological polar surface area (TPSA) is 76.1 Å². The second-order valence-corrected chi connectivity index (χ2v) is 5.23. The Hall–Kier alpha value is -2.93. The highest BCUT2D eigenvalue weighted by Gasteiger charge is 2.12. The number of benzene rings is 2. The van der Waals surface area contributed by atoms with Gasteiger partial charge in [0.15, 0.2) is 5.58 Å². The predicted octanol–water partition coefficient (Wildman–Crippen LogP) is 3.09. The fourth-order valence-corrected chi connectivity index (χ4v) is 2.51. The van der Waals surface area contributed by atoms with E-state index in [1.54, 1.807) is 0 Å². The van der Waals surface area contributed by atoms with Gasteiger partial charge < -0.3 is 14.1 Å². The van der Waals surface area contributed by atoms with Crippen LogP contribution in [0.3, 0.4) is 0 Å². The van der Waals surface area contributed by atoms with Crippen LogP contribution in [0.5, 0.6) is 0 Å². The Labute approximate surface area is 130 Å². The predicted molar refractivity (Wildman–Crippen MR) is 83.9 cm³/mol. The maximum Gasteiger partial charge on any atom is 0.302 e. The van der Waals surface area contributed by atoms with Crippen LogP contribution in [0, 0.1) is 5.82 Å². The minimum absolute atomic E-state index is 0.0357. The van der Waals surface area contributed by atoms with Gasteiger partial charge in [-0.1, -0.05) is 6.07 Å². The van der Waals surface area contributed by atoms with E-state index in [0.717, 1.165) is 16.6 Å². The summed E-state index contributed by atoms with van der Waals surface area (Å²) in [5, 5.41) is 12.2. The first-order chi connectivity index (χ1) is 11.1. The van der Waals surface area contributed by atoms with Gasteiger partial charge in [0.1, 0.15) is 11.3 Å². The van der Waals surface area contributed by atoms with Crippen LogP contribution in [0.4, 0.5) is 16.4 Å². The molecule has 0 saturated carbocycles. The van der Waals surface area contributed by atoms with Gasteiger partial charge >= 0.3 is 6.01 Å². The van der Waals surface area contributed by atoms with Gasteiger partial charge in [-0.25, -0.2) is 9.37 Å². The molecule has 0 bridgehead atoms. The van der Waals surface area contributed by atoms with E-state index in [9.17, 15) is 9.50 Å². The van der Waals surface area contributed by atoms with E-state index in [0.29, 0.717) is 17.0 Å². The highest BCUT2D eigenvalue weighted by Crippen LogP contribution is 2.25. The molecule has 2 heterocycles. The smallest absolute Gasteiger partial charge is 0.302 e. The van der Waals surface area contributed by atoms with E-state index in [1.165, 1.54) is 18.2 Å². The number of anilines is 2. The van der Waals surface area contributed by atoms with E-state index in [2.05, 4.69) is 15.3 Å². The maximum atomic E-state index is 13.2. The van der Waals surface area contributed by atoms with Crippen LogP contribution in [0.15, 0.2) is 40.8 Å². The van der Waals surface area contributed by atoms with Crippen molar-refractivity contribution in [3.05, 3.63) is 47.8 Å². The molecule has 7 heteroatoms. The molecule has 0 radical (unpaired) electrons. The third kappa shape index (κ3) is 2.31. The first kappa shape index (κ1) is 13.7. The molecule has 0 atom stereocenters. The molecule has 0 unspecified atom stereocenters. The van der Waals surface area contributed by atoms with E-state index in [-0.39, 0.29) is 18.4 Å². The van der Waals surface area contributed by atoms with E-state index in [4.69, 9.17) is 4.42 Å². The van der Waals surface area contributed by atoms with Crippen LogP contribution in [0.2, 0.25) is 0 Å². The molecule has 6 nitrogen and oxygen atoms in total. The lowest BCUT2D eigenvalue weighted by Crippen LogP contribution is -1.98. The van der Waals surface area contributed by atoms with Crippen LogP contribution in [-0.2, 0) is 13.7 Å². The summed E-state index contributed by atoms with van der Waals surface area (Å²) in [6.07, 6.45) is 0. The number of nitrogens with one attached hydrogen (secondary N) is 1. The van der Waals surface area contributed by atoms with Crippen LogP contribution in [-0.4, -0.2) is 19.6 Å². The fourth-order valence-electron chi connectivity index (χ4n) is 2.51. The summed E-state index contributed by atoms with van der Waals surface area (Å²) in [6.45, 7) is -0.0357. The lowest BCUT2D eigenvalue weighted by atomic mass is 10.2. The number of aliphatic hydroxyl groups excluding tert-OH is 1. The Bertz CT molecular complexity index is 1020. The number of aliphatic hydroxyl groups is 1. The number of nitrogens with zero attached hydrogens (tertiary/aromatic N) is 3. The quantitative estimate of drug-likeness (QED) is 0.608. The molecule has 4 rings (SSSR count). The van der Waals surface area contributed by atoms with Crippen LogP contribution < -0.4 is 5.32 Å². The van der Waals surface area contributed by atoms with Crippen molar-refractivity contribution in [1.82, 2.24) is 14.5 Å². The number of aryl methyl sites for hydroxylation is 1. The van der Waals surface area contributed by atoms with Gasteiger partial charge in [0, 0.05) is 13.1 Å². The Balaban J connectivity index is 1.74. The van der Waals surface area contributed by atoms with Gasteiger partial charge in [-0.05, 0) is 29.8 Å². The number of imidazole rings is 1. The molecule has 0 spiro atoms. The number of rotatable bonds is 3. The van der Waals surface area contributed by atoms with Gasteiger partial charge in [-0.2, -0.15) is 4.98 Å². The first-order valence-corrected chi connectivity index (χ1v) is 7.03. The lowest BCUT2D eigenvalue weighted by molar-refractivity contribution is 0.282. The molecule has 0 aliphatic carbocycles. The SMILES string of the molecule is Cn1c(Nc2nc3cc(F)ccc3o2)nc2cc(CO)ccc21. The van der Waals surface area contributed by atoms with Crippen molar-refractivity contribution in [2.75, 3.05) is 5.32 Å². The first-order valence-electron chi connectivity index (χ1n) is 7.03. The van der Waals surface area contributed by atoms with Crippen molar-refractivity contribution < 1.29 is 13.9 Å². The Morgan fingerprint density at radius 3 is 2.87 bits per heavy atom. The molecule has 2 aromatic carbocycles. The average molecular weight is 312 g/mol. The number of halogens is 1. The third-order valence-electron chi connectivity index (χ3n) is 3.70. The zero-order valence-electron chi connectivity index (χ0n) is 12.2. The molecule has 4 aromatic rings. The molecule has 116 valence electrons. The summed E-state index contributed by atoms with van der Waals surface area (Å²) in [5.41, 5.74) is 3.39. The summed E-state index contributed by atoms with van der Waals surface area (Å²) < 4.78 is 20.6. The van der Waals surface area contributed by atoms with Gasteiger partial charge in [0.25, 0.3) is 0 Å². The summed E-state index contributed by atoms with van der Waals surface area (Å²) in [6, 6.07) is 9.96. The van der Waals surface area contributed by atoms with E-state index < -0.39 is 0 Å². The summed E-state index contributed by atoms with van der Waals surface area (Å²) in [4.78, 5) is 8.67. The number of oxazole rings is 1. The molecule has 0 aliphatic heterocycles. The number of fused-ring (bicyclic) bond motifs is 2. The number of aromatic nitrogens is 3. The summed E-state index contributed by atoms with van der Waals surface area (Å²) >= 11 is 0. The number of hydrogen-bond donors (Lipinski definition) is 2. The second-order valence-electron chi connectivity index (χ2n) is 5.23. The molecule has 2 aromatic heterocycles. The Morgan fingerprint density at radius 1 is 1.17 bits per heavy atom. The summed E-state index contributed by atoms with van der Waals surface area (Å²) in [5.74, 6) is 0.179. The molecular formula is C16H13FN4O2. The highest BCUT2D eigenvalue weighted by molar-refractivity contribution is 5.80. The van der Waals surface area contributed by atoms with Crippen molar-refractivity contribution >= 4 is 34.1 Å². The Morgan fingerprint density at radius 2 is 2.04 bits per heavy atom. The fraction of sp³-hybridized carbons (Fsp3) is 0.125. The zero-order chi connectivity index (χ0) is 16.0. The largest absolute Gasteiger partial charge is 0.423 e. The maximum absolute atomic E-state index is 13.2. The molecular weight excluding hydrogens is 299 g/mol. The van der Waals surface area contributed by atoms with Crippen molar-refractivity contribution in [3.63, 3.8) is 0 Å². The molecule has 0 fully saturated rings. The van der Waals surface area contributed by atoms with Crippen molar-refractivity contribution in [3.8, 4) is 0 Å². The van der Waals surface area contributed by atoms with Gasteiger partial charge in [-0.15, -0.1) is 0 Å². The van der Waals surface area contributed by atoms with E-state index in [1.807, 2.05) is 29.8 Å². The third-order valence-corrected chi connectivity index (χ3v) is 3.70. The lowest BCUT2D eigenvalue weighted by Gasteiger charge is -2.01. The van der Waals surface area contributed by atoms with Crippen molar-refractivity contribution in [2.45, 2.75) is 6.61 Å². The highest BCUT2D eigenvalue weighted by atomic mass is 19.1. The molecule has 23 heavy (non-hydrogen) atoms. The van der Waals surface area contributed by atoms with Crippen molar-refractivity contribution in [1.29, 1.82) is 0 Å². The summed E-state index contributed by atoms with van der Waals surface area (Å²) in [7, 11) is 1.86. The second kappa shape index (κ2) is 5.06. The number of hydrogen-bond acceptors (Lipinski definition) is 5. The standard InChI is InChI=1S/C16H13FN4O2/c1-21-13-4-2-9(8-22)6-11(13)18-15(21)20-16-19-12-7-10(17)3-5-14(12)23-16/h2-7,22H,8H2,1H3,(H,18,19,20). The van der Waals surface area contributed by atoms with Crippen LogP contribution >= 0.6 is 0 Å². The molecule has 0 amide bonds. The van der Waals surface area contributed by atoms with Gasteiger partial charge in [-0.3, -0.25) is 5.32 Å². The Kier molecular flexibility index (Phi) is 3.02. The van der Waals surface area contributed by atoms with E-state index >= 15 is 0 Å². The van der Waals surface area contributed by atoms with Gasteiger partial charge in [0.05, 0.1) is 17.6 Å². The molecule has 0 saturated heterocycles. The monoisotopic (exact) mass is 312 g/mol. The van der Waals surface area contributed by atoms with Crippen LogP contribution in [0.1, 0.15) is 5.56 Å². The zero-order valence-corrected chi connectivity index (χ0v) is 12.2. The normalized spacial score (nSPS) is 11.4. The average Bonchev–Trinajstić information content (AvgIpc) is 3.08. The van der Waals surface area contributed by atoms with Crippen LogP contribution in [0.25, 0.3) is 22.1 Å². The van der Waals surface area contributed by atoms with Gasteiger partial charge in [0.2, 0.25) is 5.95 Å². The molecule has 2 N–H and O–H groups in total. The van der Waals surface area contributed by atoms with Crippen molar-refractivity contribution in [2.24, 2.45) is 7.05 Å². The minimum atomic E-state index is -0.364.